The van der Waals surface area contributed by atoms with E-state index in [9.17, 15) is 9.59 Å². The van der Waals surface area contributed by atoms with Crippen LogP contribution >= 0.6 is 11.6 Å². The Morgan fingerprint density at radius 2 is 1.77 bits per heavy atom. The molecule has 0 heterocycles. The summed E-state index contributed by atoms with van der Waals surface area (Å²) in [5.41, 5.74) is 0. The quantitative estimate of drug-likeness (QED) is 0.615. The number of carbonyl (C=O) groups is 2. The molecule has 0 rings (SSSR count). The molecule has 0 saturated heterocycles. The van der Waals surface area contributed by atoms with Crippen molar-refractivity contribution in [1.82, 2.24) is 9.80 Å². The molecule has 0 fully saturated rings. The molecule has 0 unspecified atom stereocenters. The minimum absolute atomic E-state index is 0.0749. The third-order valence-corrected chi connectivity index (χ3v) is 1.90. The second kappa shape index (κ2) is 5.80. The molecule has 4 nitrogen and oxygen atoms in total. The van der Waals surface area contributed by atoms with Crippen molar-refractivity contribution in [2.75, 3.05) is 33.1 Å². The van der Waals surface area contributed by atoms with Crippen molar-refractivity contribution < 1.29 is 9.59 Å². The highest BCUT2D eigenvalue weighted by molar-refractivity contribution is 6.27. The summed E-state index contributed by atoms with van der Waals surface area (Å²) in [4.78, 5) is 25.2. The number of likely N-dealkylation sites (N-methyl/N-ethyl adjacent to an activating group) is 2. The van der Waals surface area contributed by atoms with E-state index in [1.807, 2.05) is 6.92 Å². The van der Waals surface area contributed by atoms with E-state index < -0.39 is 0 Å². The van der Waals surface area contributed by atoms with E-state index in [4.69, 9.17) is 11.6 Å². The Bertz CT molecular complexity index is 195. The summed E-state index contributed by atoms with van der Waals surface area (Å²) < 4.78 is 0. The Morgan fingerprint density at radius 3 is 2.08 bits per heavy atom. The van der Waals surface area contributed by atoms with E-state index >= 15 is 0 Å². The fourth-order valence-corrected chi connectivity index (χ4v) is 0.935. The van der Waals surface area contributed by atoms with E-state index in [2.05, 4.69) is 0 Å². The van der Waals surface area contributed by atoms with Gasteiger partial charge in [0, 0.05) is 20.6 Å². The minimum atomic E-state index is -0.209. The van der Waals surface area contributed by atoms with Gasteiger partial charge in [0.25, 0.3) is 0 Å². The molecule has 0 aliphatic carbocycles. The molecule has 0 aliphatic rings. The van der Waals surface area contributed by atoms with Crippen molar-refractivity contribution in [2.45, 2.75) is 6.92 Å². The topological polar surface area (TPSA) is 40.6 Å². The summed E-state index contributed by atoms with van der Waals surface area (Å²) in [5.74, 6) is -0.381. The second-order valence-corrected chi connectivity index (χ2v) is 3.10. The molecule has 76 valence electrons. The first kappa shape index (κ1) is 12.2. The van der Waals surface area contributed by atoms with Crippen LogP contribution in [0.5, 0.6) is 0 Å². The Kier molecular flexibility index (Phi) is 5.46. The molecule has 5 heteroatoms. The average Bonchev–Trinajstić information content (AvgIpc) is 2.12. The zero-order valence-electron chi connectivity index (χ0n) is 8.21. The summed E-state index contributed by atoms with van der Waals surface area (Å²) in [6, 6.07) is 0. The summed E-state index contributed by atoms with van der Waals surface area (Å²) >= 11 is 5.37. The lowest BCUT2D eigenvalue weighted by molar-refractivity contribution is -0.137. The lowest BCUT2D eigenvalue weighted by atomic mass is 10.4. The van der Waals surface area contributed by atoms with Gasteiger partial charge in [-0.25, -0.2) is 0 Å². The molecule has 0 N–H and O–H groups in total. The Balaban J connectivity index is 4.13. The van der Waals surface area contributed by atoms with Crippen LogP contribution in [0.4, 0.5) is 0 Å². The molecule has 13 heavy (non-hydrogen) atoms. The minimum Gasteiger partial charge on any atom is -0.347 e. The molecular formula is C8H15ClN2O2. The molecule has 2 amide bonds. The van der Waals surface area contributed by atoms with Gasteiger partial charge in [-0.15, -0.1) is 11.6 Å². The highest BCUT2D eigenvalue weighted by atomic mass is 35.5. The van der Waals surface area contributed by atoms with Crippen LogP contribution in [0.15, 0.2) is 0 Å². The van der Waals surface area contributed by atoms with Gasteiger partial charge in [0.1, 0.15) is 5.88 Å². The number of amides is 2. The number of hydrogen-bond donors (Lipinski definition) is 0. The maximum Gasteiger partial charge on any atom is 0.241 e. The number of rotatable bonds is 4. The summed E-state index contributed by atoms with van der Waals surface area (Å²) in [6.07, 6.45) is 0. The van der Waals surface area contributed by atoms with Crippen LogP contribution in [-0.2, 0) is 9.59 Å². The van der Waals surface area contributed by atoms with Crippen molar-refractivity contribution in [3.8, 4) is 0 Å². The molecule has 0 aromatic rings. The predicted molar refractivity (Wildman–Crippen MR) is 51.7 cm³/mol. The van der Waals surface area contributed by atoms with Crippen LogP contribution in [0.1, 0.15) is 6.92 Å². The van der Waals surface area contributed by atoms with Gasteiger partial charge in [-0.1, -0.05) is 0 Å². The van der Waals surface area contributed by atoms with Crippen molar-refractivity contribution >= 4 is 23.4 Å². The number of hydrogen-bond acceptors (Lipinski definition) is 2. The van der Waals surface area contributed by atoms with Gasteiger partial charge in [0.15, 0.2) is 0 Å². The smallest absolute Gasteiger partial charge is 0.241 e. The number of halogens is 1. The molecular weight excluding hydrogens is 192 g/mol. The Labute approximate surface area is 83.4 Å². The average molecular weight is 207 g/mol. The molecule has 0 saturated carbocycles. The largest absolute Gasteiger partial charge is 0.347 e. The number of carbonyl (C=O) groups excluding carboxylic acids is 2. The van der Waals surface area contributed by atoms with Crippen LogP contribution in [0.25, 0.3) is 0 Å². The third kappa shape index (κ3) is 4.12. The summed E-state index contributed by atoms with van der Waals surface area (Å²) in [6.45, 7) is 2.42. The van der Waals surface area contributed by atoms with E-state index in [1.165, 1.54) is 9.80 Å². The molecule has 0 atom stereocenters. The first-order valence-corrected chi connectivity index (χ1v) is 4.60. The molecule has 0 radical (unpaired) electrons. The van der Waals surface area contributed by atoms with Crippen molar-refractivity contribution in [3.05, 3.63) is 0 Å². The van der Waals surface area contributed by atoms with Crippen LogP contribution in [0.2, 0.25) is 0 Å². The van der Waals surface area contributed by atoms with Crippen LogP contribution < -0.4 is 0 Å². The van der Waals surface area contributed by atoms with E-state index in [1.54, 1.807) is 14.1 Å². The number of nitrogens with zero attached hydrogens (tertiary/aromatic N) is 2. The highest BCUT2D eigenvalue weighted by Gasteiger charge is 2.14. The lowest BCUT2D eigenvalue weighted by Gasteiger charge is -2.21. The van der Waals surface area contributed by atoms with Crippen molar-refractivity contribution in [1.29, 1.82) is 0 Å². The van der Waals surface area contributed by atoms with Gasteiger partial charge in [0.2, 0.25) is 11.8 Å². The molecule has 0 bridgehead atoms. The molecule has 0 spiro atoms. The van der Waals surface area contributed by atoms with E-state index in [-0.39, 0.29) is 24.2 Å². The van der Waals surface area contributed by atoms with Gasteiger partial charge in [0.05, 0.1) is 6.54 Å². The fraction of sp³-hybridized carbons (Fsp3) is 0.750. The van der Waals surface area contributed by atoms with Gasteiger partial charge >= 0.3 is 0 Å². The monoisotopic (exact) mass is 206 g/mol. The van der Waals surface area contributed by atoms with Crippen LogP contribution in [0.3, 0.4) is 0 Å². The summed E-state index contributed by atoms with van der Waals surface area (Å²) in [5, 5.41) is 0. The second-order valence-electron chi connectivity index (χ2n) is 2.83. The zero-order valence-corrected chi connectivity index (χ0v) is 8.97. The first-order valence-electron chi connectivity index (χ1n) is 4.06. The van der Waals surface area contributed by atoms with Crippen molar-refractivity contribution in [3.63, 3.8) is 0 Å². The van der Waals surface area contributed by atoms with Gasteiger partial charge in [-0.2, -0.15) is 0 Å². The standard InChI is InChI=1S/C8H15ClN2O2/c1-4-11(7(12)5-9)6-8(13)10(2)3/h4-6H2,1-3H3. The van der Waals surface area contributed by atoms with Gasteiger partial charge in [-0.05, 0) is 6.92 Å². The molecule has 0 aromatic carbocycles. The third-order valence-electron chi connectivity index (χ3n) is 1.67. The Morgan fingerprint density at radius 1 is 1.23 bits per heavy atom. The fourth-order valence-electron chi connectivity index (χ4n) is 0.766. The lowest BCUT2D eigenvalue weighted by Crippen LogP contribution is -2.40. The van der Waals surface area contributed by atoms with E-state index in [0.29, 0.717) is 6.54 Å². The SMILES string of the molecule is CCN(CC(=O)N(C)C)C(=O)CCl. The predicted octanol–water partition coefficient (Wildman–Crippen LogP) is 0.162. The maximum atomic E-state index is 11.2. The molecule has 0 aromatic heterocycles. The summed E-state index contributed by atoms with van der Waals surface area (Å²) in [7, 11) is 3.31. The molecule has 0 aliphatic heterocycles. The van der Waals surface area contributed by atoms with Crippen molar-refractivity contribution in [2.24, 2.45) is 0 Å². The van der Waals surface area contributed by atoms with Crippen LogP contribution in [-0.4, -0.2) is 54.7 Å². The van der Waals surface area contributed by atoms with Gasteiger partial charge in [-0.3, -0.25) is 9.59 Å². The van der Waals surface area contributed by atoms with Crippen LogP contribution in [0, 0.1) is 0 Å². The first-order chi connectivity index (χ1) is 6.02. The Hall–Kier alpha value is -0.770. The normalized spacial score (nSPS) is 9.54. The maximum absolute atomic E-state index is 11.2. The van der Waals surface area contributed by atoms with Gasteiger partial charge < -0.3 is 9.80 Å². The number of alkyl halides is 1. The highest BCUT2D eigenvalue weighted by Crippen LogP contribution is 1.93. The van der Waals surface area contributed by atoms with E-state index in [0.717, 1.165) is 0 Å². The zero-order chi connectivity index (χ0) is 10.4.